The summed E-state index contributed by atoms with van der Waals surface area (Å²) in [5.41, 5.74) is 0.790. The maximum absolute atomic E-state index is 13.7. The second-order valence-electron chi connectivity index (χ2n) is 7.85. The number of benzene rings is 1. The predicted octanol–water partition coefficient (Wildman–Crippen LogP) is 3.61. The quantitative estimate of drug-likeness (QED) is 0.684. The second-order valence-corrected chi connectivity index (χ2v) is 7.85. The molecule has 10 heteroatoms. The first-order chi connectivity index (χ1) is 14.7. The van der Waals surface area contributed by atoms with Crippen LogP contribution in [0.3, 0.4) is 0 Å². The number of nitrogens with zero attached hydrogens (tertiary/aromatic N) is 3. The van der Waals surface area contributed by atoms with Gasteiger partial charge in [-0.05, 0) is 12.0 Å². The fraction of sp³-hybridized carbons (Fsp3) is 0.286. The van der Waals surface area contributed by atoms with Crippen molar-refractivity contribution >= 4 is 5.97 Å². The molecule has 1 N–H and O–H groups in total. The van der Waals surface area contributed by atoms with E-state index in [1.807, 2.05) is 13.8 Å². The lowest BCUT2D eigenvalue weighted by Crippen LogP contribution is -2.31. The minimum Gasteiger partial charge on any atom is -0.477 e. The van der Waals surface area contributed by atoms with E-state index in [1.54, 1.807) is 21.4 Å². The van der Waals surface area contributed by atoms with Crippen molar-refractivity contribution in [3.8, 4) is 34.0 Å². The lowest BCUT2D eigenvalue weighted by Gasteiger charge is -2.32. The number of hydrogen-bond donors (Lipinski definition) is 1. The highest BCUT2D eigenvalue weighted by Crippen LogP contribution is 2.49. The summed E-state index contributed by atoms with van der Waals surface area (Å²) in [5, 5.41) is 13.8. The normalized spacial score (nSPS) is 18.0. The summed E-state index contributed by atoms with van der Waals surface area (Å²) in [5.74, 6) is -1.42. The van der Waals surface area contributed by atoms with Gasteiger partial charge in [0.1, 0.15) is 5.56 Å². The monoisotopic (exact) mass is 429 g/mol. The summed E-state index contributed by atoms with van der Waals surface area (Å²) >= 11 is 0. The van der Waals surface area contributed by atoms with Crippen LogP contribution in [0.5, 0.6) is 11.5 Å². The smallest absolute Gasteiger partial charge is 0.477 e. The molecule has 5 rings (SSSR count). The van der Waals surface area contributed by atoms with Gasteiger partial charge in [0.25, 0.3) is 0 Å². The molecule has 0 spiro atoms. The molecule has 0 unspecified atom stereocenters. The molecule has 0 saturated carbocycles. The Labute approximate surface area is 174 Å². The van der Waals surface area contributed by atoms with Gasteiger partial charge in [0, 0.05) is 23.4 Å². The molecule has 0 amide bonds. The first kappa shape index (κ1) is 19.3. The molecule has 0 aliphatic carbocycles. The van der Waals surface area contributed by atoms with Crippen molar-refractivity contribution in [2.24, 2.45) is 5.92 Å². The van der Waals surface area contributed by atoms with E-state index >= 15 is 0 Å². The molecule has 0 saturated heterocycles. The first-order valence-corrected chi connectivity index (χ1v) is 9.61. The number of carboxylic acids is 1. The second kappa shape index (κ2) is 6.40. The van der Waals surface area contributed by atoms with E-state index in [-0.39, 0.29) is 29.0 Å². The van der Waals surface area contributed by atoms with Gasteiger partial charge in [0.2, 0.25) is 0 Å². The Kier molecular flexibility index (Phi) is 3.98. The number of pyridine rings is 1. The van der Waals surface area contributed by atoms with Gasteiger partial charge in [-0.3, -0.25) is 9.48 Å². The van der Waals surface area contributed by atoms with Gasteiger partial charge in [-0.15, -0.1) is 8.78 Å². The van der Waals surface area contributed by atoms with Crippen LogP contribution in [0.2, 0.25) is 0 Å². The summed E-state index contributed by atoms with van der Waals surface area (Å²) in [4.78, 5) is 24.0. The Morgan fingerprint density at radius 1 is 1.29 bits per heavy atom. The number of fused-ring (bicyclic) bond motifs is 4. The van der Waals surface area contributed by atoms with Crippen molar-refractivity contribution in [1.29, 1.82) is 0 Å². The number of carbonyl (C=O) groups is 1. The van der Waals surface area contributed by atoms with Crippen LogP contribution in [0.4, 0.5) is 8.78 Å². The Bertz CT molecular complexity index is 1290. The zero-order chi connectivity index (χ0) is 22.1. The summed E-state index contributed by atoms with van der Waals surface area (Å²) in [6.07, 6.45) is -0.916. The standard InChI is InChI=1S/C21H17F2N3O5/c1-10(2)15-9-26-18(14-6-16(27)13(20(28)29)8-25(14)15)12(7-24-26)11-4-3-5-17-19(11)31-21(22,23)30-17/h3-8,10,15H,9H2,1-2H3,(H,28,29)/t15-/m0/s1. The SMILES string of the molecule is CC(C)[C@@H]1Cn2ncc(-c3cccc4c3OC(F)(F)O4)c2-c2cc(=O)c(C(=O)O)cn21. The van der Waals surface area contributed by atoms with Crippen LogP contribution in [0.1, 0.15) is 30.2 Å². The molecular formula is C21H17F2N3O5. The zero-order valence-corrected chi connectivity index (χ0v) is 16.5. The Morgan fingerprint density at radius 2 is 2.06 bits per heavy atom. The topological polar surface area (TPSA) is 95.6 Å². The third-order valence-corrected chi connectivity index (χ3v) is 5.60. The Morgan fingerprint density at radius 3 is 2.77 bits per heavy atom. The molecule has 8 nitrogen and oxygen atoms in total. The van der Waals surface area contributed by atoms with E-state index in [1.165, 1.54) is 24.5 Å². The molecule has 4 heterocycles. The molecule has 1 aromatic carbocycles. The van der Waals surface area contributed by atoms with Crippen LogP contribution in [-0.4, -0.2) is 31.7 Å². The third kappa shape index (κ3) is 2.89. The number of rotatable bonds is 3. The molecule has 2 aromatic heterocycles. The fourth-order valence-corrected chi connectivity index (χ4v) is 4.14. The molecule has 0 radical (unpaired) electrons. The molecule has 160 valence electrons. The number of hydrogen-bond acceptors (Lipinski definition) is 5. The predicted molar refractivity (Wildman–Crippen MR) is 104 cm³/mol. The molecule has 31 heavy (non-hydrogen) atoms. The molecular weight excluding hydrogens is 412 g/mol. The van der Waals surface area contributed by atoms with Gasteiger partial charge in [0.05, 0.1) is 30.2 Å². The van der Waals surface area contributed by atoms with E-state index in [0.29, 0.717) is 29.1 Å². The van der Waals surface area contributed by atoms with Crippen LogP contribution in [0.25, 0.3) is 22.5 Å². The van der Waals surface area contributed by atoms with Crippen LogP contribution in [-0.2, 0) is 6.54 Å². The van der Waals surface area contributed by atoms with Gasteiger partial charge in [-0.25, -0.2) is 4.79 Å². The number of halogens is 2. The van der Waals surface area contributed by atoms with Gasteiger partial charge in [-0.1, -0.05) is 26.0 Å². The summed E-state index contributed by atoms with van der Waals surface area (Å²) in [6.45, 7) is 4.39. The summed E-state index contributed by atoms with van der Waals surface area (Å²) < 4.78 is 40.1. The van der Waals surface area contributed by atoms with E-state index in [0.717, 1.165) is 0 Å². The highest BCUT2D eigenvalue weighted by molar-refractivity contribution is 5.89. The lowest BCUT2D eigenvalue weighted by molar-refractivity contribution is -0.286. The fourth-order valence-electron chi connectivity index (χ4n) is 4.14. The van der Waals surface area contributed by atoms with Crippen LogP contribution < -0.4 is 14.9 Å². The van der Waals surface area contributed by atoms with Gasteiger partial charge >= 0.3 is 12.3 Å². The van der Waals surface area contributed by atoms with Crippen molar-refractivity contribution in [2.45, 2.75) is 32.7 Å². The Hall–Kier alpha value is -3.69. The van der Waals surface area contributed by atoms with Crippen molar-refractivity contribution in [2.75, 3.05) is 0 Å². The summed E-state index contributed by atoms with van der Waals surface area (Å²) in [7, 11) is 0. The molecule has 0 fully saturated rings. The molecule has 1 atom stereocenters. The molecule has 2 aliphatic rings. The number of aromatic carboxylic acids is 1. The van der Waals surface area contributed by atoms with Crippen LogP contribution in [0.15, 0.2) is 41.5 Å². The first-order valence-electron chi connectivity index (χ1n) is 9.61. The van der Waals surface area contributed by atoms with E-state index in [4.69, 9.17) is 4.74 Å². The Balaban J connectivity index is 1.75. The largest absolute Gasteiger partial charge is 0.586 e. The number of para-hydroxylation sites is 1. The van der Waals surface area contributed by atoms with Gasteiger partial charge < -0.3 is 19.1 Å². The van der Waals surface area contributed by atoms with Crippen LogP contribution >= 0.6 is 0 Å². The van der Waals surface area contributed by atoms with Crippen molar-refractivity contribution in [1.82, 2.24) is 14.3 Å². The lowest BCUT2D eigenvalue weighted by atomic mass is 9.96. The van der Waals surface area contributed by atoms with Crippen LogP contribution in [0, 0.1) is 5.92 Å². The van der Waals surface area contributed by atoms with Gasteiger partial charge in [-0.2, -0.15) is 5.10 Å². The number of carboxylic acid groups (broad SMARTS) is 1. The molecule has 3 aromatic rings. The number of ether oxygens (including phenoxy) is 2. The minimum absolute atomic E-state index is 0.100. The van der Waals surface area contributed by atoms with E-state index in [2.05, 4.69) is 9.84 Å². The minimum atomic E-state index is -3.78. The average molecular weight is 429 g/mol. The molecule has 2 aliphatic heterocycles. The molecule has 0 bridgehead atoms. The number of aromatic nitrogens is 3. The van der Waals surface area contributed by atoms with Gasteiger partial charge in [0.15, 0.2) is 16.9 Å². The average Bonchev–Trinajstić information content (AvgIpc) is 3.25. The number of alkyl halides is 2. The highest BCUT2D eigenvalue weighted by atomic mass is 19.3. The van der Waals surface area contributed by atoms with Crippen molar-refractivity contribution in [3.05, 3.63) is 52.4 Å². The summed E-state index contributed by atoms with van der Waals surface area (Å²) in [6, 6.07) is 5.64. The third-order valence-electron chi connectivity index (χ3n) is 5.60. The van der Waals surface area contributed by atoms with E-state index in [9.17, 15) is 23.5 Å². The highest BCUT2D eigenvalue weighted by Gasteiger charge is 2.45. The maximum Gasteiger partial charge on any atom is 0.586 e. The maximum atomic E-state index is 13.7. The van der Waals surface area contributed by atoms with Crippen molar-refractivity contribution in [3.63, 3.8) is 0 Å². The van der Waals surface area contributed by atoms with Crippen molar-refractivity contribution < 1.29 is 28.2 Å². The van der Waals surface area contributed by atoms with E-state index < -0.39 is 17.7 Å². The zero-order valence-electron chi connectivity index (χ0n) is 16.5.